The van der Waals surface area contributed by atoms with E-state index in [9.17, 15) is 0 Å². The number of rotatable bonds is 15. The van der Waals surface area contributed by atoms with Crippen LogP contribution in [0.5, 0.6) is 0 Å². The largest absolute Gasteiger partial charge is 0.407 e. The van der Waals surface area contributed by atoms with Crippen LogP contribution < -0.4 is 0 Å². The predicted molar refractivity (Wildman–Crippen MR) is 130 cm³/mol. The summed E-state index contributed by atoms with van der Waals surface area (Å²) in [5.74, 6) is 0.373. The van der Waals surface area contributed by atoms with Gasteiger partial charge in [-0.1, -0.05) is 85.3 Å². The molecule has 0 N–H and O–H groups in total. The predicted octanol–water partition coefficient (Wildman–Crippen LogP) is 7.66. The summed E-state index contributed by atoms with van der Waals surface area (Å²) < 4.78 is 18.4. The highest BCUT2D eigenvalue weighted by molar-refractivity contribution is 6.77. The number of hydrogen-bond donors (Lipinski definition) is 0. The monoisotopic (exact) mass is 424 g/mol. The summed E-state index contributed by atoms with van der Waals surface area (Å²) in [5.41, 5.74) is 2.85. The van der Waals surface area contributed by atoms with Gasteiger partial charge in [0.1, 0.15) is 6.79 Å². The van der Waals surface area contributed by atoms with Gasteiger partial charge in [0.05, 0.1) is 12.2 Å². The number of ether oxygens (including phenoxy) is 2. The van der Waals surface area contributed by atoms with Crippen molar-refractivity contribution in [3.05, 3.63) is 36.5 Å². The number of methoxy groups -OCH3 is 1. The van der Waals surface area contributed by atoms with Crippen molar-refractivity contribution in [2.75, 3.05) is 13.9 Å². The second-order valence-electron chi connectivity index (χ2n) is 9.18. The van der Waals surface area contributed by atoms with Gasteiger partial charge in [0.25, 0.3) is 0 Å². The average molecular weight is 425 g/mol. The van der Waals surface area contributed by atoms with Crippen molar-refractivity contribution in [3.8, 4) is 0 Å². The molecule has 0 aliphatic carbocycles. The zero-order valence-corrected chi connectivity index (χ0v) is 21.8. The molecule has 0 radical (unpaired) electrons. The van der Waals surface area contributed by atoms with E-state index in [-0.39, 0.29) is 19.0 Å². The molecule has 0 unspecified atom stereocenters. The van der Waals surface area contributed by atoms with Gasteiger partial charge in [-0.25, -0.2) is 0 Å². The van der Waals surface area contributed by atoms with E-state index in [1.165, 1.54) is 5.57 Å². The van der Waals surface area contributed by atoms with E-state index in [2.05, 4.69) is 87.1 Å². The molecule has 0 bridgehead atoms. The van der Waals surface area contributed by atoms with Gasteiger partial charge in [0, 0.05) is 7.11 Å². The third-order valence-corrected chi connectivity index (χ3v) is 11.9. The molecule has 4 heteroatoms. The molecule has 0 heterocycles. The minimum absolute atomic E-state index is 0.0789. The molecule has 0 aromatic rings. The molecule has 0 fully saturated rings. The normalized spacial score (nSPS) is 16.8. The zero-order valence-electron chi connectivity index (χ0n) is 20.8. The van der Waals surface area contributed by atoms with E-state index in [0.29, 0.717) is 22.5 Å². The minimum Gasteiger partial charge on any atom is -0.407 e. The molecule has 0 saturated heterocycles. The molecular formula is C25H48O3Si. The SMILES string of the molecule is C=C[C@H](O[Si](C(C)C)(C(C)C)C(C)C)[C@H](C[C@@H](C)/C=C(C)/C=C/CC)OCOC. The fraction of sp³-hybridized carbons (Fsp3) is 0.760. The molecule has 0 saturated carbocycles. The highest BCUT2D eigenvalue weighted by Crippen LogP contribution is 2.43. The summed E-state index contributed by atoms with van der Waals surface area (Å²) in [7, 11) is -0.367. The van der Waals surface area contributed by atoms with Crippen LogP contribution in [0.4, 0.5) is 0 Å². The summed E-state index contributed by atoms with van der Waals surface area (Å²) in [6, 6.07) is 0. The van der Waals surface area contributed by atoms with Crippen LogP contribution in [0, 0.1) is 5.92 Å². The smallest absolute Gasteiger partial charge is 0.201 e. The molecule has 0 aliphatic rings. The van der Waals surface area contributed by atoms with Crippen molar-refractivity contribution in [3.63, 3.8) is 0 Å². The van der Waals surface area contributed by atoms with Crippen molar-refractivity contribution in [1.29, 1.82) is 0 Å². The maximum absolute atomic E-state index is 7.01. The Labute approximate surface area is 182 Å². The van der Waals surface area contributed by atoms with Gasteiger partial charge in [-0.2, -0.15) is 0 Å². The summed E-state index contributed by atoms with van der Waals surface area (Å²) in [6.07, 6.45) is 10.4. The van der Waals surface area contributed by atoms with E-state index in [1.807, 2.05) is 6.08 Å². The van der Waals surface area contributed by atoms with Gasteiger partial charge in [-0.05, 0) is 42.3 Å². The molecule has 29 heavy (non-hydrogen) atoms. The molecule has 0 aliphatic heterocycles. The zero-order chi connectivity index (χ0) is 22.6. The average Bonchev–Trinajstić information content (AvgIpc) is 2.63. The van der Waals surface area contributed by atoms with E-state index in [0.717, 1.165) is 12.8 Å². The topological polar surface area (TPSA) is 27.7 Å². The quantitative estimate of drug-likeness (QED) is 0.117. The summed E-state index contributed by atoms with van der Waals surface area (Å²) in [6.45, 7) is 24.8. The van der Waals surface area contributed by atoms with Crippen LogP contribution in [0.25, 0.3) is 0 Å². The third-order valence-electron chi connectivity index (χ3n) is 5.81. The highest BCUT2D eigenvalue weighted by Gasteiger charge is 2.47. The van der Waals surface area contributed by atoms with Gasteiger partial charge in [-0.3, -0.25) is 0 Å². The maximum Gasteiger partial charge on any atom is 0.201 e. The van der Waals surface area contributed by atoms with Gasteiger partial charge >= 0.3 is 0 Å². The molecule has 3 nitrogen and oxygen atoms in total. The lowest BCUT2D eigenvalue weighted by Crippen LogP contribution is -2.52. The molecule has 170 valence electrons. The molecule has 0 amide bonds. The lowest BCUT2D eigenvalue weighted by molar-refractivity contribution is -0.105. The fourth-order valence-electron chi connectivity index (χ4n) is 4.61. The van der Waals surface area contributed by atoms with E-state index in [1.54, 1.807) is 7.11 Å². The van der Waals surface area contributed by atoms with Crippen LogP contribution in [0.2, 0.25) is 16.6 Å². The van der Waals surface area contributed by atoms with Crippen molar-refractivity contribution < 1.29 is 13.9 Å². The molecule has 3 atom stereocenters. The van der Waals surface area contributed by atoms with Crippen LogP contribution in [0.15, 0.2) is 36.5 Å². The van der Waals surface area contributed by atoms with Gasteiger partial charge in [-0.15, -0.1) is 6.58 Å². The van der Waals surface area contributed by atoms with Crippen LogP contribution in [0.3, 0.4) is 0 Å². The van der Waals surface area contributed by atoms with E-state index >= 15 is 0 Å². The van der Waals surface area contributed by atoms with Gasteiger partial charge < -0.3 is 13.9 Å². The Balaban J connectivity index is 5.67. The van der Waals surface area contributed by atoms with Crippen molar-refractivity contribution in [2.45, 2.75) is 104 Å². The Kier molecular flexibility index (Phi) is 14.0. The first kappa shape index (κ1) is 28.3. The molecule has 0 rings (SSSR count). The summed E-state index contributed by atoms with van der Waals surface area (Å²) >= 11 is 0. The third kappa shape index (κ3) is 8.91. The minimum atomic E-state index is -2.03. The molecule has 0 spiro atoms. The maximum atomic E-state index is 7.01. The Morgan fingerprint density at radius 3 is 1.97 bits per heavy atom. The Morgan fingerprint density at radius 2 is 1.55 bits per heavy atom. The van der Waals surface area contributed by atoms with E-state index in [4.69, 9.17) is 13.9 Å². The van der Waals surface area contributed by atoms with Crippen molar-refractivity contribution >= 4 is 8.32 Å². The number of hydrogen-bond acceptors (Lipinski definition) is 3. The molecule has 0 aromatic heterocycles. The second kappa shape index (κ2) is 14.3. The van der Waals surface area contributed by atoms with Crippen LogP contribution >= 0.6 is 0 Å². The van der Waals surface area contributed by atoms with Crippen molar-refractivity contribution in [1.82, 2.24) is 0 Å². The fourth-order valence-corrected chi connectivity index (χ4v) is 10.2. The lowest BCUT2D eigenvalue weighted by atomic mass is 9.97. The van der Waals surface area contributed by atoms with Crippen LogP contribution in [-0.2, 0) is 13.9 Å². The summed E-state index contributed by atoms with van der Waals surface area (Å²) in [5, 5.41) is 0. The number of allylic oxidation sites excluding steroid dienone is 4. The Hall–Kier alpha value is -0.683. The second-order valence-corrected chi connectivity index (χ2v) is 14.6. The highest BCUT2D eigenvalue weighted by atomic mass is 28.4. The van der Waals surface area contributed by atoms with Gasteiger partial charge in [0.15, 0.2) is 0 Å². The lowest BCUT2D eigenvalue weighted by Gasteiger charge is -2.45. The first-order valence-electron chi connectivity index (χ1n) is 11.3. The molecule has 0 aromatic carbocycles. The first-order chi connectivity index (χ1) is 13.6. The van der Waals surface area contributed by atoms with Crippen LogP contribution in [0.1, 0.15) is 75.2 Å². The Morgan fingerprint density at radius 1 is 1.00 bits per heavy atom. The molecular weight excluding hydrogens is 376 g/mol. The van der Waals surface area contributed by atoms with Gasteiger partial charge in [0.2, 0.25) is 8.32 Å². The first-order valence-corrected chi connectivity index (χ1v) is 13.5. The standard InChI is InChI=1S/C25H48O3Si/c1-12-14-15-22(9)16-23(10)17-25(27-18-26-11)24(13-2)28-29(19(3)4,20(5)6)21(7)8/h13-16,19-21,23-25H,2,12,17-18H2,1,3-11H3/b15-14+,22-16+/t23-,24-,25-/m0/s1. The van der Waals surface area contributed by atoms with E-state index < -0.39 is 8.32 Å². The summed E-state index contributed by atoms with van der Waals surface area (Å²) in [4.78, 5) is 0. The van der Waals surface area contributed by atoms with Crippen molar-refractivity contribution in [2.24, 2.45) is 5.92 Å². The Bertz CT molecular complexity index is 486. The van der Waals surface area contributed by atoms with Crippen LogP contribution in [-0.4, -0.2) is 34.4 Å².